The molecule has 0 radical (unpaired) electrons. The lowest BCUT2D eigenvalue weighted by Crippen LogP contribution is -2.22. The predicted octanol–water partition coefficient (Wildman–Crippen LogP) is 3.84. The van der Waals surface area contributed by atoms with Gasteiger partial charge in [-0.05, 0) is 37.8 Å². The van der Waals surface area contributed by atoms with E-state index >= 15 is 0 Å². The number of thiophene rings is 1. The second-order valence-corrected chi connectivity index (χ2v) is 7.57. The Morgan fingerprint density at radius 1 is 1.15 bits per heavy atom. The van der Waals surface area contributed by atoms with Crippen molar-refractivity contribution in [2.24, 2.45) is 0 Å². The van der Waals surface area contributed by atoms with Gasteiger partial charge in [-0.1, -0.05) is 12.1 Å². The molecule has 1 aromatic carbocycles. The zero-order valence-electron chi connectivity index (χ0n) is 15.0. The molecule has 0 saturated heterocycles. The first-order chi connectivity index (χ1) is 12.3. The molecule has 0 bridgehead atoms. The van der Waals surface area contributed by atoms with Gasteiger partial charge in [0.1, 0.15) is 5.00 Å². The summed E-state index contributed by atoms with van der Waals surface area (Å²) in [4.78, 5) is 37.7. The SMILES string of the molecule is CSc1ccccc1NC(=O)COC(=O)c1c(NC(C)=O)sc(C)c1C. The van der Waals surface area contributed by atoms with Crippen molar-refractivity contribution in [3.63, 3.8) is 0 Å². The Morgan fingerprint density at radius 3 is 2.50 bits per heavy atom. The lowest BCUT2D eigenvalue weighted by atomic mass is 10.1. The topological polar surface area (TPSA) is 84.5 Å². The Labute approximate surface area is 160 Å². The molecule has 2 rings (SSSR count). The number of hydrogen-bond donors (Lipinski definition) is 2. The first kappa shape index (κ1) is 20.0. The summed E-state index contributed by atoms with van der Waals surface area (Å²) < 4.78 is 5.15. The lowest BCUT2D eigenvalue weighted by Gasteiger charge is -2.10. The summed E-state index contributed by atoms with van der Waals surface area (Å²) in [6, 6.07) is 7.38. The van der Waals surface area contributed by atoms with Crippen LogP contribution in [-0.2, 0) is 14.3 Å². The molecule has 0 unspecified atom stereocenters. The molecule has 0 aliphatic carbocycles. The van der Waals surface area contributed by atoms with E-state index in [9.17, 15) is 14.4 Å². The molecule has 2 N–H and O–H groups in total. The van der Waals surface area contributed by atoms with E-state index in [4.69, 9.17) is 4.74 Å². The lowest BCUT2D eigenvalue weighted by molar-refractivity contribution is -0.119. The van der Waals surface area contributed by atoms with E-state index in [0.29, 0.717) is 16.3 Å². The van der Waals surface area contributed by atoms with Gasteiger partial charge < -0.3 is 15.4 Å². The van der Waals surface area contributed by atoms with E-state index in [1.54, 1.807) is 13.0 Å². The number of carbonyl (C=O) groups is 3. The first-order valence-corrected chi connectivity index (χ1v) is 9.85. The number of anilines is 2. The van der Waals surface area contributed by atoms with E-state index < -0.39 is 18.5 Å². The molecule has 0 atom stereocenters. The number of para-hydroxylation sites is 1. The van der Waals surface area contributed by atoms with Gasteiger partial charge in [0.25, 0.3) is 5.91 Å². The Bertz CT molecular complexity index is 846. The number of esters is 1. The Kier molecular flexibility index (Phi) is 6.82. The second kappa shape index (κ2) is 8.86. The first-order valence-electron chi connectivity index (χ1n) is 7.81. The van der Waals surface area contributed by atoms with Crippen LogP contribution in [0.3, 0.4) is 0 Å². The van der Waals surface area contributed by atoms with E-state index in [1.165, 1.54) is 30.0 Å². The van der Waals surface area contributed by atoms with Gasteiger partial charge >= 0.3 is 5.97 Å². The molecule has 0 fully saturated rings. The van der Waals surface area contributed by atoms with Crippen LogP contribution in [-0.4, -0.2) is 30.6 Å². The van der Waals surface area contributed by atoms with Crippen molar-refractivity contribution >= 4 is 51.6 Å². The maximum atomic E-state index is 12.4. The van der Waals surface area contributed by atoms with Crippen molar-refractivity contribution in [2.45, 2.75) is 25.7 Å². The maximum absolute atomic E-state index is 12.4. The van der Waals surface area contributed by atoms with Gasteiger partial charge in [-0.25, -0.2) is 4.79 Å². The summed E-state index contributed by atoms with van der Waals surface area (Å²) in [5.41, 5.74) is 1.69. The fourth-order valence-electron chi connectivity index (χ4n) is 2.26. The van der Waals surface area contributed by atoms with Crippen molar-refractivity contribution in [1.29, 1.82) is 0 Å². The van der Waals surface area contributed by atoms with Gasteiger partial charge in [-0.15, -0.1) is 23.1 Å². The third kappa shape index (κ3) is 4.86. The standard InChI is InChI=1S/C18H20N2O4S2/c1-10-11(2)26-17(19-12(3)21)16(10)18(23)24-9-15(22)20-13-7-5-6-8-14(13)25-4/h5-8H,9H2,1-4H3,(H,19,21)(H,20,22). The third-order valence-corrected chi connectivity index (χ3v) is 5.51. The van der Waals surface area contributed by atoms with E-state index in [2.05, 4.69) is 10.6 Å². The molecule has 26 heavy (non-hydrogen) atoms. The molecule has 2 aromatic rings. The molecule has 0 aliphatic rings. The van der Waals surface area contributed by atoms with Crippen LogP contribution in [0.4, 0.5) is 10.7 Å². The van der Waals surface area contributed by atoms with Crippen molar-refractivity contribution in [3.05, 3.63) is 40.3 Å². The van der Waals surface area contributed by atoms with E-state index in [0.717, 1.165) is 15.3 Å². The van der Waals surface area contributed by atoms with Gasteiger partial charge in [0.2, 0.25) is 5.91 Å². The smallest absolute Gasteiger partial charge is 0.341 e. The van der Waals surface area contributed by atoms with Crippen LogP contribution in [0.1, 0.15) is 27.7 Å². The van der Waals surface area contributed by atoms with Crippen LogP contribution < -0.4 is 10.6 Å². The second-order valence-electron chi connectivity index (χ2n) is 5.49. The van der Waals surface area contributed by atoms with Crippen LogP contribution in [0.25, 0.3) is 0 Å². The molecule has 6 nitrogen and oxygen atoms in total. The quantitative estimate of drug-likeness (QED) is 0.576. The monoisotopic (exact) mass is 392 g/mol. The molecule has 0 saturated carbocycles. The highest BCUT2D eigenvalue weighted by atomic mass is 32.2. The van der Waals surface area contributed by atoms with Gasteiger partial charge in [0.05, 0.1) is 11.3 Å². The Hall–Kier alpha value is -2.32. The van der Waals surface area contributed by atoms with Gasteiger partial charge in [-0.3, -0.25) is 9.59 Å². The highest BCUT2D eigenvalue weighted by molar-refractivity contribution is 7.98. The molecule has 0 aliphatic heterocycles. The maximum Gasteiger partial charge on any atom is 0.341 e. The van der Waals surface area contributed by atoms with Gasteiger partial charge in [0.15, 0.2) is 6.61 Å². The Morgan fingerprint density at radius 2 is 1.85 bits per heavy atom. The van der Waals surface area contributed by atoms with Crippen molar-refractivity contribution in [1.82, 2.24) is 0 Å². The summed E-state index contributed by atoms with van der Waals surface area (Å²) in [5.74, 6) is -1.33. The number of aryl methyl sites for hydroxylation is 1. The molecular formula is C18H20N2O4S2. The minimum Gasteiger partial charge on any atom is -0.452 e. The van der Waals surface area contributed by atoms with Crippen LogP contribution >= 0.6 is 23.1 Å². The number of hydrogen-bond acceptors (Lipinski definition) is 6. The molecular weight excluding hydrogens is 372 g/mol. The highest BCUT2D eigenvalue weighted by Crippen LogP contribution is 2.33. The van der Waals surface area contributed by atoms with Crippen LogP contribution in [0.5, 0.6) is 0 Å². The summed E-state index contributed by atoms with van der Waals surface area (Å²) in [6.45, 7) is 4.60. The number of thioether (sulfide) groups is 1. The van der Waals surface area contributed by atoms with Gasteiger partial charge in [0, 0.05) is 16.7 Å². The van der Waals surface area contributed by atoms with Crippen LogP contribution in [0.2, 0.25) is 0 Å². The Balaban J connectivity index is 2.04. The molecule has 8 heteroatoms. The third-order valence-electron chi connectivity index (χ3n) is 3.59. The van der Waals surface area contributed by atoms with E-state index in [-0.39, 0.29) is 5.91 Å². The number of ether oxygens (including phenoxy) is 1. The van der Waals surface area contributed by atoms with Crippen LogP contribution in [0.15, 0.2) is 29.2 Å². The molecule has 1 heterocycles. The molecule has 2 amide bonds. The van der Waals surface area contributed by atoms with Crippen molar-refractivity contribution in [2.75, 3.05) is 23.5 Å². The number of nitrogens with one attached hydrogen (secondary N) is 2. The molecule has 0 spiro atoms. The zero-order chi connectivity index (χ0) is 19.3. The molecule has 1 aromatic heterocycles. The summed E-state index contributed by atoms with van der Waals surface area (Å²) >= 11 is 2.81. The fourth-order valence-corrected chi connectivity index (χ4v) is 3.91. The zero-order valence-corrected chi connectivity index (χ0v) is 16.6. The number of rotatable bonds is 6. The summed E-state index contributed by atoms with van der Waals surface area (Å²) in [6.07, 6.45) is 1.91. The van der Waals surface area contributed by atoms with Crippen molar-refractivity contribution < 1.29 is 19.1 Å². The van der Waals surface area contributed by atoms with E-state index in [1.807, 2.05) is 31.4 Å². The fraction of sp³-hybridized carbons (Fsp3) is 0.278. The van der Waals surface area contributed by atoms with Crippen LogP contribution in [0, 0.1) is 13.8 Å². The minimum atomic E-state index is -0.635. The number of carbonyl (C=O) groups excluding carboxylic acids is 3. The largest absolute Gasteiger partial charge is 0.452 e. The normalized spacial score (nSPS) is 10.3. The number of benzene rings is 1. The molecule has 138 valence electrons. The number of amides is 2. The summed E-state index contributed by atoms with van der Waals surface area (Å²) in [7, 11) is 0. The highest BCUT2D eigenvalue weighted by Gasteiger charge is 2.22. The average molecular weight is 393 g/mol. The predicted molar refractivity (Wildman–Crippen MR) is 105 cm³/mol. The van der Waals surface area contributed by atoms with Gasteiger partial charge in [-0.2, -0.15) is 0 Å². The average Bonchev–Trinajstić information content (AvgIpc) is 2.86. The van der Waals surface area contributed by atoms with Crippen molar-refractivity contribution in [3.8, 4) is 0 Å². The summed E-state index contributed by atoms with van der Waals surface area (Å²) in [5, 5.41) is 5.80. The minimum absolute atomic E-state index is 0.272.